The summed E-state index contributed by atoms with van der Waals surface area (Å²) in [6.07, 6.45) is 0.888. The molecular formula is C24H23FN2O2. The lowest BCUT2D eigenvalue weighted by atomic mass is 10.0. The Bertz CT molecular complexity index is 945. The van der Waals surface area contributed by atoms with Crippen molar-refractivity contribution >= 4 is 11.8 Å². The normalized spacial score (nSPS) is 11.5. The van der Waals surface area contributed by atoms with Gasteiger partial charge in [0.2, 0.25) is 5.91 Å². The molecule has 0 heterocycles. The summed E-state index contributed by atoms with van der Waals surface area (Å²) in [6.45, 7) is 0.356. The molecular weight excluding hydrogens is 367 g/mol. The minimum Gasteiger partial charge on any atom is -0.354 e. The van der Waals surface area contributed by atoms with E-state index in [2.05, 4.69) is 10.6 Å². The number of rotatable bonds is 8. The first-order valence-corrected chi connectivity index (χ1v) is 9.54. The Morgan fingerprint density at radius 1 is 0.828 bits per heavy atom. The van der Waals surface area contributed by atoms with Gasteiger partial charge in [-0.05, 0) is 41.8 Å². The zero-order valence-corrected chi connectivity index (χ0v) is 16.0. The summed E-state index contributed by atoms with van der Waals surface area (Å²) in [6, 6.07) is 23.9. The molecule has 3 aromatic rings. The molecule has 29 heavy (non-hydrogen) atoms. The predicted octanol–water partition coefficient (Wildman–Crippen LogP) is 3.53. The Morgan fingerprint density at radius 2 is 1.48 bits per heavy atom. The first-order chi connectivity index (χ1) is 14.1. The molecule has 0 radical (unpaired) electrons. The van der Waals surface area contributed by atoms with Crippen LogP contribution in [0.25, 0.3) is 0 Å². The maximum atomic E-state index is 13.3. The van der Waals surface area contributed by atoms with Crippen LogP contribution in [-0.4, -0.2) is 24.4 Å². The first kappa shape index (κ1) is 20.3. The van der Waals surface area contributed by atoms with Gasteiger partial charge in [0.25, 0.3) is 5.91 Å². The smallest absolute Gasteiger partial charge is 0.251 e. The number of halogens is 1. The first-order valence-electron chi connectivity index (χ1n) is 9.54. The van der Waals surface area contributed by atoms with Crippen LogP contribution in [0.15, 0.2) is 84.9 Å². The minimum absolute atomic E-state index is 0.269. The standard InChI is InChI=1S/C24H23FN2O2/c25-21-13-7-10-19(16-21)14-15-26-24(29)22(17-18-8-3-1-4-9-18)27-23(28)20-11-5-2-6-12-20/h1-13,16,22H,14-15,17H2,(H,26,29)(H,27,28)/t22-/m1/s1. The van der Waals surface area contributed by atoms with E-state index >= 15 is 0 Å². The van der Waals surface area contributed by atoms with Crippen molar-refractivity contribution in [2.75, 3.05) is 6.54 Å². The Morgan fingerprint density at radius 3 is 2.17 bits per heavy atom. The molecule has 0 spiro atoms. The van der Waals surface area contributed by atoms with Crippen molar-refractivity contribution in [3.63, 3.8) is 0 Å². The van der Waals surface area contributed by atoms with Crippen LogP contribution >= 0.6 is 0 Å². The van der Waals surface area contributed by atoms with E-state index in [4.69, 9.17) is 0 Å². The van der Waals surface area contributed by atoms with E-state index in [0.717, 1.165) is 11.1 Å². The van der Waals surface area contributed by atoms with E-state index in [1.54, 1.807) is 30.3 Å². The topological polar surface area (TPSA) is 58.2 Å². The second kappa shape index (κ2) is 10.2. The molecule has 0 saturated heterocycles. The molecule has 148 valence electrons. The molecule has 1 atom stereocenters. The number of benzene rings is 3. The molecule has 2 N–H and O–H groups in total. The van der Waals surface area contributed by atoms with Gasteiger partial charge in [-0.15, -0.1) is 0 Å². The minimum atomic E-state index is -0.711. The summed E-state index contributed by atoms with van der Waals surface area (Å²) in [5, 5.41) is 5.68. The van der Waals surface area contributed by atoms with E-state index in [1.165, 1.54) is 12.1 Å². The Labute approximate surface area is 169 Å². The molecule has 3 aromatic carbocycles. The fraction of sp³-hybridized carbons (Fsp3) is 0.167. The van der Waals surface area contributed by atoms with Crippen LogP contribution in [0.4, 0.5) is 4.39 Å². The van der Waals surface area contributed by atoms with Crippen molar-refractivity contribution in [3.8, 4) is 0 Å². The van der Waals surface area contributed by atoms with Gasteiger partial charge in [0, 0.05) is 18.5 Å². The van der Waals surface area contributed by atoms with Crippen LogP contribution in [0.2, 0.25) is 0 Å². The van der Waals surface area contributed by atoms with Gasteiger partial charge in [-0.3, -0.25) is 9.59 Å². The van der Waals surface area contributed by atoms with Crippen molar-refractivity contribution in [1.29, 1.82) is 0 Å². The quantitative estimate of drug-likeness (QED) is 0.618. The summed E-state index contributed by atoms with van der Waals surface area (Å²) < 4.78 is 13.3. The molecule has 0 bridgehead atoms. The highest BCUT2D eigenvalue weighted by Gasteiger charge is 2.21. The zero-order valence-electron chi connectivity index (χ0n) is 16.0. The van der Waals surface area contributed by atoms with Gasteiger partial charge in [-0.1, -0.05) is 60.7 Å². The third-order valence-corrected chi connectivity index (χ3v) is 4.54. The Balaban J connectivity index is 1.64. The van der Waals surface area contributed by atoms with Crippen molar-refractivity contribution in [1.82, 2.24) is 10.6 Å². The van der Waals surface area contributed by atoms with E-state index in [0.29, 0.717) is 24.9 Å². The van der Waals surface area contributed by atoms with Crippen LogP contribution < -0.4 is 10.6 Å². The molecule has 5 heteroatoms. The van der Waals surface area contributed by atoms with Gasteiger partial charge in [-0.2, -0.15) is 0 Å². The molecule has 0 unspecified atom stereocenters. The molecule has 2 amide bonds. The van der Waals surface area contributed by atoms with Gasteiger partial charge in [0.05, 0.1) is 0 Å². The lowest BCUT2D eigenvalue weighted by Crippen LogP contribution is -2.48. The third kappa shape index (κ3) is 6.28. The summed E-state index contributed by atoms with van der Waals surface area (Å²) >= 11 is 0. The SMILES string of the molecule is O=C(N[C@H](Cc1ccccc1)C(=O)NCCc1cccc(F)c1)c1ccccc1. The van der Waals surface area contributed by atoms with Crippen molar-refractivity contribution in [2.24, 2.45) is 0 Å². The number of carbonyl (C=O) groups is 2. The number of carbonyl (C=O) groups excluding carboxylic acids is 2. The maximum Gasteiger partial charge on any atom is 0.251 e. The molecule has 0 aliphatic rings. The van der Waals surface area contributed by atoms with Crippen molar-refractivity contribution < 1.29 is 14.0 Å². The Hall–Kier alpha value is -3.47. The van der Waals surface area contributed by atoms with Crippen LogP contribution in [0.5, 0.6) is 0 Å². The van der Waals surface area contributed by atoms with Crippen LogP contribution in [0, 0.1) is 5.82 Å². The highest BCUT2D eigenvalue weighted by atomic mass is 19.1. The maximum absolute atomic E-state index is 13.3. The van der Waals surface area contributed by atoms with E-state index in [1.807, 2.05) is 42.5 Å². The summed E-state index contributed by atoms with van der Waals surface area (Å²) in [5.74, 6) is -0.868. The highest BCUT2D eigenvalue weighted by Crippen LogP contribution is 2.07. The predicted molar refractivity (Wildman–Crippen MR) is 111 cm³/mol. The fourth-order valence-corrected chi connectivity index (χ4v) is 3.04. The van der Waals surface area contributed by atoms with E-state index < -0.39 is 6.04 Å². The van der Waals surface area contributed by atoms with Gasteiger partial charge in [-0.25, -0.2) is 4.39 Å². The van der Waals surface area contributed by atoms with Gasteiger partial charge in [0.1, 0.15) is 11.9 Å². The average Bonchev–Trinajstić information content (AvgIpc) is 2.74. The number of hydrogen-bond donors (Lipinski definition) is 2. The van der Waals surface area contributed by atoms with Gasteiger partial charge < -0.3 is 10.6 Å². The Kier molecular flexibility index (Phi) is 7.11. The molecule has 0 aromatic heterocycles. The third-order valence-electron chi connectivity index (χ3n) is 4.54. The number of hydrogen-bond acceptors (Lipinski definition) is 2. The van der Waals surface area contributed by atoms with Crippen molar-refractivity contribution in [2.45, 2.75) is 18.9 Å². The second-order valence-electron chi connectivity index (χ2n) is 6.75. The second-order valence-corrected chi connectivity index (χ2v) is 6.75. The summed E-state index contributed by atoms with van der Waals surface area (Å²) in [7, 11) is 0. The van der Waals surface area contributed by atoms with Crippen LogP contribution in [-0.2, 0) is 17.6 Å². The molecule has 0 aliphatic heterocycles. The number of amides is 2. The zero-order chi connectivity index (χ0) is 20.5. The van der Waals surface area contributed by atoms with Gasteiger partial charge >= 0.3 is 0 Å². The fourth-order valence-electron chi connectivity index (χ4n) is 3.04. The number of nitrogens with one attached hydrogen (secondary N) is 2. The lowest BCUT2D eigenvalue weighted by Gasteiger charge is -2.19. The summed E-state index contributed by atoms with van der Waals surface area (Å²) in [5.41, 5.74) is 2.25. The van der Waals surface area contributed by atoms with Gasteiger partial charge in [0.15, 0.2) is 0 Å². The molecule has 0 aliphatic carbocycles. The van der Waals surface area contributed by atoms with Crippen LogP contribution in [0.3, 0.4) is 0 Å². The lowest BCUT2D eigenvalue weighted by molar-refractivity contribution is -0.122. The molecule has 4 nitrogen and oxygen atoms in total. The van der Waals surface area contributed by atoms with Crippen molar-refractivity contribution in [3.05, 3.63) is 107 Å². The van der Waals surface area contributed by atoms with E-state index in [-0.39, 0.29) is 17.6 Å². The monoisotopic (exact) mass is 390 g/mol. The molecule has 0 saturated carbocycles. The largest absolute Gasteiger partial charge is 0.354 e. The van der Waals surface area contributed by atoms with Crippen LogP contribution in [0.1, 0.15) is 21.5 Å². The van der Waals surface area contributed by atoms with E-state index in [9.17, 15) is 14.0 Å². The summed E-state index contributed by atoms with van der Waals surface area (Å²) in [4.78, 5) is 25.3. The highest BCUT2D eigenvalue weighted by molar-refractivity contribution is 5.97. The molecule has 3 rings (SSSR count). The molecule has 0 fully saturated rings. The average molecular weight is 390 g/mol.